The minimum Gasteiger partial charge on any atom is -0.368 e. The summed E-state index contributed by atoms with van der Waals surface area (Å²) in [6.45, 7) is 0.502. The number of primary amides is 1. The molecule has 2 unspecified atom stereocenters. The van der Waals surface area contributed by atoms with E-state index in [2.05, 4.69) is 10.2 Å². The van der Waals surface area contributed by atoms with Crippen molar-refractivity contribution in [2.24, 2.45) is 5.73 Å². The summed E-state index contributed by atoms with van der Waals surface area (Å²) >= 11 is 0. The van der Waals surface area contributed by atoms with E-state index in [1.54, 1.807) is 0 Å². The van der Waals surface area contributed by atoms with Crippen molar-refractivity contribution in [1.82, 2.24) is 10.2 Å². The number of rotatable bonds is 7. The van der Waals surface area contributed by atoms with Crippen LogP contribution < -0.4 is 11.1 Å². The van der Waals surface area contributed by atoms with Crippen LogP contribution in [0.2, 0.25) is 0 Å². The number of hydrogen-bond acceptors (Lipinski definition) is 5. The molecule has 1 amide bonds. The van der Waals surface area contributed by atoms with Crippen LogP contribution in [0, 0.1) is 0 Å². The summed E-state index contributed by atoms with van der Waals surface area (Å²) in [5, 5.41) is 3.44. The van der Waals surface area contributed by atoms with E-state index < -0.39 is 15.4 Å². The van der Waals surface area contributed by atoms with Gasteiger partial charge in [0.1, 0.15) is 9.84 Å². The normalized spacial score (nSPS) is 30.5. The fourth-order valence-corrected chi connectivity index (χ4v) is 3.78. The molecular weight excluding hydrogens is 290 g/mol. The third kappa shape index (κ3) is 4.66. The zero-order valence-corrected chi connectivity index (χ0v) is 13.8. The maximum absolute atomic E-state index is 12.0. The molecule has 3 N–H and O–H groups in total. The molecule has 2 aliphatic carbocycles. The Hall–Kier alpha value is -0.660. The van der Waals surface area contributed by atoms with E-state index in [1.807, 2.05) is 7.05 Å². The van der Waals surface area contributed by atoms with Gasteiger partial charge in [0.05, 0.1) is 11.3 Å². The minimum absolute atomic E-state index is 0.152. The number of nitrogens with zero attached hydrogens (tertiary/aromatic N) is 1. The second kappa shape index (κ2) is 6.22. The summed E-state index contributed by atoms with van der Waals surface area (Å²) < 4.78 is 22.6. The molecule has 0 aromatic rings. The van der Waals surface area contributed by atoms with Gasteiger partial charge in [-0.3, -0.25) is 4.79 Å². The lowest BCUT2D eigenvalue weighted by Crippen LogP contribution is -2.61. The van der Waals surface area contributed by atoms with Crippen LogP contribution in [-0.2, 0) is 14.6 Å². The summed E-state index contributed by atoms with van der Waals surface area (Å²) in [5.74, 6) is -0.116. The van der Waals surface area contributed by atoms with Crippen molar-refractivity contribution in [1.29, 1.82) is 0 Å². The highest BCUT2D eigenvalue weighted by Gasteiger charge is 2.45. The highest BCUT2D eigenvalue weighted by molar-refractivity contribution is 7.90. The average molecular weight is 317 g/mol. The zero-order chi connectivity index (χ0) is 15.7. The van der Waals surface area contributed by atoms with Crippen LogP contribution in [0.5, 0.6) is 0 Å². The average Bonchev–Trinajstić information content (AvgIpc) is 3.19. The fraction of sp³-hybridized carbons (Fsp3) is 0.929. The molecule has 2 saturated carbocycles. The standard InChI is InChI=1S/C14H27N3O3S/c1-17(8-9-21(2,19)20)12-4-3-7-14(10-12,13(15)18)16-11-5-6-11/h11-12,16H,3-10H2,1-2H3,(H2,15,18). The maximum atomic E-state index is 12.0. The van der Waals surface area contributed by atoms with Gasteiger partial charge in [-0.15, -0.1) is 0 Å². The fourth-order valence-electron chi connectivity index (χ4n) is 3.16. The lowest BCUT2D eigenvalue weighted by atomic mass is 9.77. The van der Waals surface area contributed by atoms with Gasteiger partial charge >= 0.3 is 0 Å². The Morgan fingerprint density at radius 1 is 1.38 bits per heavy atom. The van der Waals surface area contributed by atoms with Crippen LogP contribution in [0.4, 0.5) is 0 Å². The molecule has 2 fully saturated rings. The number of sulfone groups is 1. The van der Waals surface area contributed by atoms with E-state index in [4.69, 9.17) is 5.73 Å². The van der Waals surface area contributed by atoms with Gasteiger partial charge in [-0.2, -0.15) is 0 Å². The molecule has 2 rings (SSSR count). The molecule has 7 heteroatoms. The Kier molecular flexibility index (Phi) is 4.95. The summed E-state index contributed by atoms with van der Waals surface area (Å²) in [5.41, 5.74) is 5.06. The molecule has 0 saturated heterocycles. The van der Waals surface area contributed by atoms with E-state index in [0.717, 1.165) is 32.1 Å². The molecule has 0 heterocycles. The number of carbonyl (C=O) groups excluding carboxylic acids is 1. The first-order valence-corrected chi connectivity index (χ1v) is 9.73. The van der Waals surface area contributed by atoms with Crippen molar-refractivity contribution in [3.63, 3.8) is 0 Å². The summed E-state index contributed by atoms with van der Waals surface area (Å²) in [4.78, 5) is 14.0. The van der Waals surface area contributed by atoms with E-state index in [1.165, 1.54) is 6.26 Å². The Morgan fingerprint density at radius 2 is 2.05 bits per heavy atom. The predicted octanol–water partition coefficient (Wildman–Crippen LogP) is -0.118. The molecule has 0 radical (unpaired) electrons. The lowest BCUT2D eigenvalue weighted by molar-refractivity contribution is -0.126. The zero-order valence-electron chi connectivity index (χ0n) is 13.0. The van der Waals surface area contributed by atoms with Gasteiger partial charge in [0.25, 0.3) is 0 Å². The Morgan fingerprint density at radius 3 is 2.57 bits per heavy atom. The van der Waals surface area contributed by atoms with Crippen molar-refractivity contribution < 1.29 is 13.2 Å². The number of nitrogens with two attached hydrogens (primary N) is 1. The van der Waals surface area contributed by atoms with Crippen molar-refractivity contribution in [3.05, 3.63) is 0 Å². The van der Waals surface area contributed by atoms with Gasteiger partial charge in [0.15, 0.2) is 0 Å². The van der Waals surface area contributed by atoms with Crippen LogP contribution >= 0.6 is 0 Å². The smallest absolute Gasteiger partial charge is 0.237 e. The maximum Gasteiger partial charge on any atom is 0.237 e. The highest BCUT2D eigenvalue weighted by Crippen LogP contribution is 2.34. The van der Waals surface area contributed by atoms with E-state index >= 15 is 0 Å². The van der Waals surface area contributed by atoms with Crippen LogP contribution in [0.3, 0.4) is 0 Å². The molecule has 2 atom stereocenters. The van der Waals surface area contributed by atoms with Crippen molar-refractivity contribution in [2.45, 2.75) is 56.1 Å². The third-order valence-corrected chi connectivity index (χ3v) is 5.62. The first-order valence-electron chi connectivity index (χ1n) is 7.67. The van der Waals surface area contributed by atoms with Gasteiger partial charge in [-0.25, -0.2) is 8.42 Å². The number of carbonyl (C=O) groups is 1. The third-order valence-electron chi connectivity index (χ3n) is 4.69. The summed E-state index contributed by atoms with van der Waals surface area (Å²) in [6, 6.07) is 0.636. The van der Waals surface area contributed by atoms with Crippen LogP contribution in [0.15, 0.2) is 0 Å². The minimum atomic E-state index is -2.96. The van der Waals surface area contributed by atoms with Crippen LogP contribution in [0.25, 0.3) is 0 Å². The van der Waals surface area contributed by atoms with Crippen LogP contribution in [0.1, 0.15) is 38.5 Å². The van der Waals surface area contributed by atoms with Crippen LogP contribution in [-0.4, -0.2) is 62.4 Å². The molecule has 0 bridgehead atoms. The van der Waals surface area contributed by atoms with Crippen molar-refractivity contribution >= 4 is 15.7 Å². The molecule has 122 valence electrons. The largest absolute Gasteiger partial charge is 0.368 e. The van der Waals surface area contributed by atoms with Crippen molar-refractivity contribution in [3.8, 4) is 0 Å². The molecule has 0 aliphatic heterocycles. The van der Waals surface area contributed by atoms with E-state index in [0.29, 0.717) is 19.0 Å². The first-order chi connectivity index (χ1) is 9.72. The Bertz CT molecular complexity index is 490. The number of nitrogens with one attached hydrogen (secondary N) is 1. The monoisotopic (exact) mass is 317 g/mol. The molecule has 0 spiro atoms. The first kappa shape index (κ1) is 16.7. The van der Waals surface area contributed by atoms with Gasteiger partial charge in [0, 0.05) is 24.9 Å². The predicted molar refractivity (Wildman–Crippen MR) is 82.7 cm³/mol. The number of amides is 1. The van der Waals surface area contributed by atoms with Crippen molar-refractivity contribution in [2.75, 3.05) is 25.6 Å². The second-order valence-corrected chi connectivity index (χ2v) is 8.99. The van der Waals surface area contributed by atoms with E-state index in [9.17, 15) is 13.2 Å². The van der Waals surface area contributed by atoms with Gasteiger partial charge in [0.2, 0.25) is 5.91 Å². The summed E-state index contributed by atoms with van der Waals surface area (Å²) in [6.07, 6.45) is 6.88. The summed E-state index contributed by atoms with van der Waals surface area (Å²) in [7, 11) is -1.03. The topological polar surface area (TPSA) is 92.5 Å². The quantitative estimate of drug-likeness (QED) is 0.683. The second-order valence-electron chi connectivity index (χ2n) is 6.73. The Labute approximate surface area is 127 Å². The SMILES string of the molecule is CN(CCS(C)(=O)=O)C1CCCC(NC2CC2)(C(N)=O)C1. The lowest BCUT2D eigenvalue weighted by Gasteiger charge is -2.42. The van der Waals surface area contributed by atoms with Gasteiger partial charge in [-0.05, 0) is 45.6 Å². The van der Waals surface area contributed by atoms with Gasteiger partial charge in [-0.1, -0.05) is 0 Å². The highest BCUT2D eigenvalue weighted by atomic mass is 32.2. The molecule has 6 nitrogen and oxygen atoms in total. The van der Waals surface area contributed by atoms with E-state index in [-0.39, 0.29) is 17.7 Å². The molecule has 21 heavy (non-hydrogen) atoms. The molecule has 2 aliphatic rings. The van der Waals surface area contributed by atoms with Gasteiger partial charge < -0.3 is 16.0 Å². The molecule has 0 aromatic heterocycles. The molecule has 0 aromatic carbocycles. The Balaban J connectivity index is 1.99. The molecular formula is C14H27N3O3S. The number of hydrogen-bond donors (Lipinski definition) is 2.